The highest BCUT2D eigenvalue weighted by Gasteiger charge is 2.06. The predicted molar refractivity (Wildman–Crippen MR) is 66.8 cm³/mol. The van der Waals surface area contributed by atoms with E-state index in [1.165, 1.54) is 0 Å². The summed E-state index contributed by atoms with van der Waals surface area (Å²) in [5, 5.41) is 18.6. The molecule has 0 bridgehead atoms. The van der Waals surface area contributed by atoms with Crippen LogP contribution in [0.15, 0.2) is 30.5 Å². The van der Waals surface area contributed by atoms with Crippen molar-refractivity contribution in [1.82, 2.24) is 4.57 Å². The van der Waals surface area contributed by atoms with Crippen molar-refractivity contribution in [1.29, 1.82) is 0 Å². The second-order valence-corrected chi connectivity index (χ2v) is 3.92. The number of hydrogen-bond acceptors (Lipinski definition) is 3. The molecule has 5 heteroatoms. The molecule has 1 aromatic heterocycles. The van der Waals surface area contributed by atoms with Crippen LogP contribution in [0.4, 0.5) is 0 Å². The highest BCUT2D eigenvalue weighted by Crippen LogP contribution is 2.17. The third-order valence-electron chi connectivity index (χ3n) is 2.73. The van der Waals surface area contributed by atoms with E-state index in [4.69, 9.17) is 14.9 Å². The monoisotopic (exact) mass is 249 g/mol. The Morgan fingerprint density at radius 3 is 2.83 bits per heavy atom. The molecule has 2 rings (SSSR count). The average Bonchev–Trinajstić information content (AvgIpc) is 2.77. The first-order chi connectivity index (χ1) is 8.72. The number of nitrogens with zero attached hydrogens (tertiary/aromatic N) is 1. The van der Waals surface area contributed by atoms with E-state index in [-0.39, 0.29) is 12.2 Å². The lowest BCUT2D eigenvalue weighted by Crippen LogP contribution is -2.07. The van der Waals surface area contributed by atoms with Gasteiger partial charge in [-0.3, -0.25) is 0 Å². The maximum Gasteiger partial charge on any atom is 0.335 e. The molecule has 18 heavy (non-hydrogen) atoms. The molecule has 0 radical (unpaired) electrons. The van der Waals surface area contributed by atoms with Crippen LogP contribution in [0.25, 0.3) is 10.9 Å². The average molecular weight is 249 g/mol. The van der Waals surface area contributed by atoms with Crippen LogP contribution in [0.1, 0.15) is 10.4 Å². The Hall–Kier alpha value is -1.85. The molecule has 2 aromatic rings. The van der Waals surface area contributed by atoms with Crippen molar-refractivity contribution >= 4 is 16.9 Å². The van der Waals surface area contributed by atoms with E-state index in [9.17, 15) is 4.79 Å². The Kier molecular flexibility index (Phi) is 3.96. The van der Waals surface area contributed by atoms with E-state index in [1.54, 1.807) is 18.2 Å². The highest BCUT2D eigenvalue weighted by atomic mass is 16.5. The molecule has 0 saturated carbocycles. The summed E-state index contributed by atoms with van der Waals surface area (Å²) in [4.78, 5) is 10.9. The van der Waals surface area contributed by atoms with Crippen molar-refractivity contribution in [3.63, 3.8) is 0 Å². The van der Waals surface area contributed by atoms with Gasteiger partial charge in [-0.2, -0.15) is 0 Å². The van der Waals surface area contributed by atoms with Gasteiger partial charge in [0.25, 0.3) is 0 Å². The van der Waals surface area contributed by atoms with E-state index in [0.717, 1.165) is 10.9 Å². The Morgan fingerprint density at radius 1 is 1.28 bits per heavy atom. The summed E-state index contributed by atoms with van der Waals surface area (Å²) in [5.41, 5.74) is 1.15. The number of rotatable bonds is 6. The summed E-state index contributed by atoms with van der Waals surface area (Å²) in [6, 6.07) is 6.98. The van der Waals surface area contributed by atoms with Crippen molar-refractivity contribution in [3.05, 3.63) is 36.0 Å². The molecule has 0 saturated heterocycles. The van der Waals surface area contributed by atoms with Crippen LogP contribution in [-0.2, 0) is 11.3 Å². The molecule has 0 unspecified atom stereocenters. The van der Waals surface area contributed by atoms with Gasteiger partial charge >= 0.3 is 5.97 Å². The van der Waals surface area contributed by atoms with Crippen molar-refractivity contribution in [2.24, 2.45) is 0 Å². The summed E-state index contributed by atoms with van der Waals surface area (Å²) in [7, 11) is 0. The molecule has 0 aliphatic rings. The number of ether oxygens (including phenoxy) is 1. The number of carboxylic acid groups (broad SMARTS) is 1. The fourth-order valence-corrected chi connectivity index (χ4v) is 1.84. The topological polar surface area (TPSA) is 71.7 Å². The summed E-state index contributed by atoms with van der Waals surface area (Å²) < 4.78 is 7.14. The van der Waals surface area contributed by atoms with E-state index in [2.05, 4.69) is 0 Å². The van der Waals surface area contributed by atoms with Crippen molar-refractivity contribution in [3.8, 4) is 0 Å². The zero-order valence-electron chi connectivity index (χ0n) is 9.87. The number of hydrogen-bond donors (Lipinski definition) is 2. The minimum absolute atomic E-state index is 0.00951. The molecule has 1 heterocycles. The number of carboxylic acids is 1. The lowest BCUT2D eigenvalue weighted by atomic mass is 10.2. The number of aromatic carboxylic acids is 1. The first kappa shape index (κ1) is 12.6. The second-order valence-electron chi connectivity index (χ2n) is 3.92. The number of aliphatic hydroxyl groups excluding tert-OH is 1. The van der Waals surface area contributed by atoms with Crippen molar-refractivity contribution < 1.29 is 19.7 Å². The lowest BCUT2D eigenvalue weighted by Gasteiger charge is -2.06. The number of fused-ring (bicyclic) bond motifs is 1. The molecular formula is C13H15NO4. The molecule has 5 nitrogen and oxygen atoms in total. The maximum atomic E-state index is 10.9. The summed E-state index contributed by atoms with van der Waals surface area (Å²) in [6.07, 6.45) is 1.90. The number of benzene rings is 1. The van der Waals surface area contributed by atoms with Gasteiger partial charge in [0.1, 0.15) is 0 Å². The van der Waals surface area contributed by atoms with E-state index in [1.807, 2.05) is 16.8 Å². The zero-order chi connectivity index (χ0) is 13.0. The van der Waals surface area contributed by atoms with Crippen molar-refractivity contribution in [2.45, 2.75) is 6.54 Å². The molecule has 0 aliphatic carbocycles. The minimum atomic E-state index is -0.929. The molecule has 1 aromatic carbocycles. The Labute approximate surface area is 104 Å². The fraction of sp³-hybridized carbons (Fsp3) is 0.308. The van der Waals surface area contributed by atoms with Gasteiger partial charge in [-0.1, -0.05) is 6.07 Å². The molecule has 0 amide bonds. The molecule has 2 N–H and O–H groups in total. The minimum Gasteiger partial charge on any atom is -0.478 e. The number of aromatic nitrogens is 1. The third-order valence-corrected chi connectivity index (χ3v) is 2.73. The van der Waals surface area contributed by atoms with Crippen LogP contribution in [0.2, 0.25) is 0 Å². The largest absolute Gasteiger partial charge is 0.478 e. The predicted octanol–water partition coefficient (Wildman–Crippen LogP) is 1.35. The van der Waals surface area contributed by atoms with E-state index < -0.39 is 5.97 Å². The molecule has 0 fully saturated rings. The summed E-state index contributed by atoms with van der Waals surface area (Å²) in [6.45, 7) is 1.45. The van der Waals surface area contributed by atoms with Gasteiger partial charge < -0.3 is 19.5 Å². The highest BCUT2D eigenvalue weighted by molar-refractivity contribution is 5.93. The van der Waals surface area contributed by atoms with Crippen molar-refractivity contribution in [2.75, 3.05) is 19.8 Å². The number of carbonyl (C=O) groups is 1. The van der Waals surface area contributed by atoms with Crippen LogP contribution < -0.4 is 0 Å². The second kappa shape index (κ2) is 5.66. The molecule has 0 aliphatic heterocycles. The van der Waals surface area contributed by atoms with Crippen LogP contribution in [-0.4, -0.2) is 40.6 Å². The zero-order valence-corrected chi connectivity index (χ0v) is 9.87. The number of aliphatic hydroxyl groups is 1. The van der Waals surface area contributed by atoms with Crippen LogP contribution in [0, 0.1) is 0 Å². The molecule has 0 atom stereocenters. The normalized spacial score (nSPS) is 10.9. The SMILES string of the molecule is O=C(O)c1ccc2ccn(CCOCCO)c2c1. The van der Waals surface area contributed by atoms with E-state index >= 15 is 0 Å². The first-order valence-electron chi connectivity index (χ1n) is 5.73. The van der Waals surface area contributed by atoms with Crippen LogP contribution in [0.5, 0.6) is 0 Å². The first-order valence-corrected chi connectivity index (χ1v) is 5.73. The quantitative estimate of drug-likeness (QED) is 0.758. The smallest absolute Gasteiger partial charge is 0.335 e. The van der Waals surface area contributed by atoms with Gasteiger partial charge in [-0.25, -0.2) is 4.79 Å². The molecular weight excluding hydrogens is 234 g/mol. The van der Waals surface area contributed by atoms with Gasteiger partial charge in [0.2, 0.25) is 0 Å². The van der Waals surface area contributed by atoms with Gasteiger partial charge in [0, 0.05) is 18.3 Å². The Balaban J connectivity index is 2.17. The Bertz CT molecular complexity index is 547. The lowest BCUT2D eigenvalue weighted by molar-refractivity contribution is 0.0697. The standard InChI is InChI=1S/C13H15NO4/c15-6-8-18-7-5-14-4-3-10-1-2-11(13(16)17)9-12(10)14/h1-4,9,15H,5-8H2,(H,16,17). The van der Waals surface area contributed by atoms with Gasteiger partial charge in [0.05, 0.1) is 25.4 Å². The van der Waals surface area contributed by atoms with Gasteiger partial charge in [-0.15, -0.1) is 0 Å². The fourth-order valence-electron chi connectivity index (χ4n) is 1.84. The van der Waals surface area contributed by atoms with Crippen LogP contribution >= 0.6 is 0 Å². The summed E-state index contributed by atoms with van der Waals surface area (Å²) in [5.74, 6) is -0.929. The Morgan fingerprint density at radius 2 is 2.11 bits per heavy atom. The maximum absolute atomic E-state index is 10.9. The van der Waals surface area contributed by atoms with Gasteiger partial charge in [-0.05, 0) is 23.6 Å². The summed E-state index contributed by atoms with van der Waals surface area (Å²) >= 11 is 0. The third kappa shape index (κ3) is 2.69. The van der Waals surface area contributed by atoms with Crippen LogP contribution in [0.3, 0.4) is 0 Å². The van der Waals surface area contributed by atoms with Gasteiger partial charge in [0.15, 0.2) is 0 Å². The van der Waals surface area contributed by atoms with E-state index in [0.29, 0.717) is 19.8 Å². The molecule has 0 spiro atoms. The molecule has 96 valence electrons.